The Kier molecular flexibility index (Phi) is 7.16. The maximum absolute atomic E-state index is 14.7. The number of amides is 2. The van der Waals surface area contributed by atoms with E-state index in [1.807, 2.05) is 24.3 Å². The summed E-state index contributed by atoms with van der Waals surface area (Å²) >= 11 is 0. The van der Waals surface area contributed by atoms with Gasteiger partial charge in [0.15, 0.2) is 0 Å². The standard InChI is InChI=1S/C32H28FN3O5S/c1-41-28-12-6-5-11-26(28)34-16-18-35(19-17-34)31(37)22-14-15-30-27(20-22)36(21-23-8-2-4-10-25(23)33)32(38)24-9-3-7-13-29(24)42(30,39)40/h2-15,20H,16-19,21H2,1H3. The van der Waals surface area contributed by atoms with Crippen LogP contribution in [-0.4, -0.2) is 58.4 Å². The normalized spacial score (nSPS) is 16.0. The molecule has 0 aliphatic carbocycles. The van der Waals surface area contributed by atoms with Crippen molar-refractivity contribution < 1.29 is 27.1 Å². The van der Waals surface area contributed by atoms with E-state index in [0.29, 0.717) is 26.2 Å². The lowest BCUT2D eigenvalue weighted by atomic mass is 10.1. The number of fused-ring (bicyclic) bond motifs is 2. The molecule has 0 atom stereocenters. The summed E-state index contributed by atoms with van der Waals surface area (Å²) in [6.07, 6.45) is 0. The van der Waals surface area contributed by atoms with Crippen molar-refractivity contribution >= 4 is 33.0 Å². The molecule has 0 aromatic heterocycles. The number of rotatable bonds is 5. The summed E-state index contributed by atoms with van der Waals surface area (Å²) in [6, 6.07) is 24.0. The quantitative estimate of drug-likeness (QED) is 0.335. The molecule has 42 heavy (non-hydrogen) atoms. The lowest BCUT2D eigenvalue weighted by Crippen LogP contribution is -2.48. The van der Waals surface area contributed by atoms with Crippen molar-refractivity contribution in [2.45, 2.75) is 16.3 Å². The van der Waals surface area contributed by atoms with Gasteiger partial charge in [0.1, 0.15) is 11.6 Å². The van der Waals surface area contributed by atoms with Gasteiger partial charge in [0, 0.05) is 37.3 Å². The van der Waals surface area contributed by atoms with Crippen LogP contribution in [0.15, 0.2) is 101 Å². The number of sulfone groups is 1. The van der Waals surface area contributed by atoms with Crippen molar-refractivity contribution in [2.24, 2.45) is 0 Å². The van der Waals surface area contributed by atoms with E-state index in [1.165, 1.54) is 41.3 Å². The van der Waals surface area contributed by atoms with Gasteiger partial charge >= 0.3 is 0 Å². The molecule has 2 amide bonds. The van der Waals surface area contributed by atoms with E-state index in [4.69, 9.17) is 4.74 Å². The minimum Gasteiger partial charge on any atom is -0.495 e. The number of benzene rings is 4. The van der Waals surface area contributed by atoms with Gasteiger partial charge in [-0.05, 0) is 48.5 Å². The number of ether oxygens (including phenoxy) is 1. The van der Waals surface area contributed by atoms with Crippen LogP contribution in [0.2, 0.25) is 0 Å². The summed E-state index contributed by atoms with van der Waals surface area (Å²) in [5.41, 5.74) is 1.44. The highest BCUT2D eigenvalue weighted by Crippen LogP contribution is 2.38. The highest BCUT2D eigenvalue weighted by molar-refractivity contribution is 7.91. The first-order chi connectivity index (χ1) is 20.3. The maximum atomic E-state index is 14.7. The van der Waals surface area contributed by atoms with Gasteiger partial charge in [0.25, 0.3) is 11.8 Å². The Hall–Kier alpha value is -4.70. The first-order valence-electron chi connectivity index (χ1n) is 13.5. The fraction of sp³-hybridized carbons (Fsp3) is 0.188. The Bertz CT molecular complexity index is 1800. The monoisotopic (exact) mass is 585 g/mol. The van der Waals surface area contributed by atoms with Gasteiger partial charge in [-0.15, -0.1) is 0 Å². The van der Waals surface area contributed by atoms with Gasteiger partial charge in [-0.3, -0.25) is 9.59 Å². The average molecular weight is 586 g/mol. The van der Waals surface area contributed by atoms with E-state index in [-0.39, 0.29) is 44.6 Å². The molecule has 1 saturated heterocycles. The van der Waals surface area contributed by atoms with Crippen LogP contribution in [-0.2, 0) is 16.4 Å². The number of carbonyl (C=O) groups is 2. The number of para-hydroxylation sites is 2. The van der Waals surface area contributed by atoms with Crippen LogP contribution in [0.25, 0.3) is 0 Å². The third-order valence-corrected chi connectivity index (χ3v) is 9.58. The molecule has 4 aromatic carbocycles. The van der Waals surface area contributed by atoms with Crippen LogP contribution >= 0.6 is 0 Å². The van der Waals surface area contributed by atoms with Gasteiger partial charge in [0.05, 0.1) is 40.4 Å². The molecule has 1 fully saturated rings. The second-order valence-corrected chi connectivity index (χ2v) is 12.0. The number of piperazine rings is 1. The van der Waals surface area contributed by atoms with Crippen molar-refractivity contribution in [2.75, 3.05) is 43.1 Å². The Labute approximate surface area is 243 Å². The number of hydrogen-bond acceptors (Lipinski definition) is 6. The largest absolute Gasteiger partial charge is 0.495 e. The maximum Gasteiger partial charge on any atom is 0.259 e. The molecule has 2 aliphatic rings. The topological polar surface area (TPSA) is 87.2 Å². The second kappa shape index (κ2) is 10.9. The molecule has 0 unspecified atom stereocenters. The van der Waals surface area contributed by atoms with E-state index >= 15 is 0 Å². The summed E-state index contributed by atoms with van der Waals surface area (Å²) in [6.45, 7) is 1.83. The number of anilines is 2. The predicted molar refractivity (Wildman–Crippen MR) is 156 cm³/mol. The van der Waals surface area contributed by atoms with Crippen molar-refractivity contribution in [1.82, 2.24) is 4.90 Å². The summed E-state index contributed by atoms with van der Waals surface area (Å²) in [5.74, 6) is -0.640. The van der Waals surface area contributed by atoms with Gasteiger partial charge < -0.3 is 19.4 Å². The van der Waals surface area contributed by atoms with Gasteiger partial charge in [-0.1, -0.05) is 42.5 Å². The van der Waals surface area contributed by atoms with Crippen molar-refractivity contribution in [3.63, 3.8) is 0 Å². The lowest BCUT2D eigenvalue weighted by Gasteiger charge is -2.36. The van der Waals surface area contributed by atoms with Crippen LogP contribution in [0.3, 0.4) is 0 Å². The summed E-state index contributed by atoms with van der Waals surface area (Å²) in [4.78, 5) is 32.4. The molecule has 214 valence electrons. The van der Waals surface area contributed by atoms with Gasteiger partial charge in [0.2, 0.25) is 9.84 Å². The van der Waals surface area contributed by atoms with E-state index in [1.54, 1.807) is 42.3 Å². The lowest BCUT2D eigenvalue weighted by molar-refractivity contribution is 0.0746. The van der Waals surface area contributed by atoms with Crippen LogP contribution in [0, 0.1) is 5.82 Å². The van der Waals surface area contributed by atoms with E-state index in [2.05, 4.69) is 4.90 Å². The molecule has 0 spiro atoms. The summed E-state index contributed by atoms with van der Waals surface area (Å²) in [7, 11) is -2.50. The van der Waals surface area contributed by atoms with E-state index in [9.17, 15) is 22.4 Å². The molecule has 2 aliphatic heterocycles. The van der Waals surface area contributed by atoms with Crippen molar-refractivity contribution in [3.8, 4) is 5.75 Å². The molecule has 10 heteroatoms. The molecule has 0 saturated carbocycles. The van der Waals surface area contributed by atoms with E-state index < -0.39 is 21.6 Å². The average Bonchev–Trinajstić information content (AvgIpc) is 3.09. The van der Waals surface area contributed by atoms with Crippen LogP contribution in [0.4, 0.5) is 15.8 Å². The minimum absolute atomic E-state index is 0.00891. The molecule has 2 heterocycles. The molecule has 0 radical (unpaired) electrons. The summed E-state index contributed by atoms with van der Waals surface area (Å²) < 4.78 is 47.7. The number of carbonyl (C=O) groups excluding carboxylic acids is 2. The van der Waals surface area contributed by atoms with Crippen molar-refractivity contribution in [1.29, 1.82) is 0 Å². The van der Waals surface area contributed by atoms with Gasteiger partial charge in [-0.25, -0.2) is 12.8 Å². The SMILES string of the molecule is COc1ccccc1N1CCN(C(=O)c2ccc3c(c2)N(Cc2ccccc2F)C(=O)c2ccccc2S3(=O)=O)CC1. The van der Waals surface area contributed by atoms with Crippen LogP contribution in [0.1, 0.15) is 26.3 Å². The number of nitrogens with zero attached hydrogens (tertiary/aromatic N) is 3. The molecule has 0 bridgehead atoms. The number of halogens is 1. The molecular formula is C32H28FN3O5S. The first-order valence-corrected chi connectivity index (χ1v) is 15.0. The molecule has 6 rings (SSSR count). The van der Waals surface area contributed by atoms with Gasteiger partial charge in [-0.2, -0.15) is 0 Å². The first kappa shape index (κ1) is 27.5. The Morgan fingerprint density at radius 3 is 2.29 bits per heavy atom. The molecule has 8 nitrogen and oxygen atoms in total. The Balaban J connectivity index is 1.35. The smallest absolute Gasteiger partial charge is 0.259 e. The molecular weight excluding hydrogens is 557 g/mol. The Morgan fingerprint density at radius 2 is 1.52 bits per heavy atom. The Morgan fingerprint density at radius 1 is 0.833 bits per heavy atom. The van der Waals surface area contributed by atoms with E-state index in [0.717, 1.165) is 11.4 Å². The molecule has 0 N–H and O–H groups in total. The zero-order valence-corrected chi connectivity index (χ0v) is 23.7. The highest BCUT2D eigenvalue weighted by atomic mass is 32.2. The fourth-order valence-corrected chi connectivity index (χ4v) is 7.15. The summed E-state index contributed by atoms with van der Waals surface area (Å²) in [5, 5.41) is 0. The number of methoxy groups -OCH3 is 1. The highest BCUT2D eigenvalue weighted by Gasteiger charge is 2.37. The third-order valence-electron chi connectivity index (χ3n) is 7.72. The second-order valence-electron chi connectivity index (χ2n) is 10.1. The molecule has 4 aromatic rings. The predicted octanol–water partition coefficient (Wildman–Crippen LogP) is 4.79. The zero-order valence-electron chi connectivity index (χ0n) is 22.9. The van der Waals surface area contributed by atoms with Crippen LogP contribution in [0.5, 0.6) is 5.75 Å². The number of hydrogen-bond donors (Lipinski definition) is 0. The van der Waals surface area contributed by atoms with Crippen molar-refractivity contribution in [3.05, 3.63) is 114 Å². The minimum atomic E-state index is -4.12. The van der Waals surface area contributed by atoms with Crippen LogP contribution < -0.4 is 14.5 Å². The fourth-order valence-electron chi connectivity index (χ4n) is 5.52. The third kappa shape index (κ3) is 4.77. The zero-order chi connectivity index (χ0) is 29.4.